The maximum absolute atomic E-state index is 4.12. The Morgan fingerprint density at radius 3 is 2.60 bits per heavy atom. The van der Waals surface area contributed by atoms with Gasteiger partial charge in [0.2, 0.25) is 0 Å². The lowest BCUT2D eigenvalue weighted by atomic mass is 10.2. The minimum atomic E-state index is 0.856. The Hall–Kier alpha value is -1.11. The van der Waals surface area contributed by atoms with Gasteiger partial charge in [-0.1, -0.05) is 30.3 Å². The van der Waals surface area contributed by atoms with Crippen molar-refractivity contribution in [1.29, 1.82) is 0 Å². The monoisotopic (exact) mass is 133 g/mol. The molecule has 10 heavy (non-hydrogen) atoms. The summed E-state index contributed by atoms with van der Waals surface area (Å²) in [4.78, 5) is 4.12. The standard InChI is InChI=1S/C9H11N/c1-2-10-8-9-6-4-3-5-7-9/h3-8H,2H2,1H3. The number of rotatable bonds is 2. The third-order valence-corrected chi connectivity index (χ3v) is 1.22. The minimum absolute atomic E-state index is 0.856. The largest absolute Gasteiger partial charge is 0.293 e. The van der Waals surface area contributed by atoms with Crippen LogP contribution in [0.1, 0.15) is 12.5 Å². The molecule has 1 rings (SSSR count). The Morgan fingerprint density at radius 2 is 2.00 bits per heavy atom. The molecule has 0 N–H and O–H groups in total. The van der Waals surface area contributed by atoms with Crippen LogP contribution in [0.15, 0.2) is 35.3 Å². The van der Waals surface area contributed by atoms with Crippen molar-refractivity contribution in [3.05, 3.63) is 35.9 Å². The smallest absolute Gasteiger partial charge is 0.0361 e. The molecule has 0 radical (unpaired) electrons. The van der Waals surface area contributed by atoms with Crippen molar-refractivity contribution in [2.75, 3.05) is 6.54 Å². The second-order valence-corrected chi connectivity index (χ2v) is 2.04. The van der Waals surface area contributed by atoms with Gasteiger partial charge in [-0.15, -0.1) is 0 Å². The molecule has 0 aliphatic heterocycles. The zero-order chi connectivity index (χ0) is 7.23. The normalized spacial score (nSPS) is 10.5. The van der Waals surface area contributed by atoms with Gasteiger partial charge in [0.25, 0.3) is 0 Å². The summed E-state index contributed by atoms with van der Waals surface area (Å²) in [5.41, 5.74) is 1.17. The molecule has 0 aliphatic rings. The molecule has 0 saturated heterocycles. The predicted molar refractivity (Wildman–Crippen MR) is 44.6 cm³/mol. The van der Waals surface area contributed by atoms with Crippen LogP contribution in [0.25, 0.3) is 0 Å². The van der Waals surface area contributed by atoms with Crippen LogP contribution in [0, 0.1) is 0 Å². The van der Waals surface area contributed by atoms with Crippen molar-refractivity contribution in [2.45, 2.75) is 6.92 Å². The first kappa shape index (κ1) is 7.00. The molecule has 0 saturated carbocycles. The molecular weight excluding hydrogens is 122 g/mol. The average Bonchev–Trinajstić information content (AvgIpc) is 2.03. The topological polar surface area (TPSA) is 12.4 Å². The summed E-state index contributed by atoms with van der Waals surface area (Å²) in [7, 11) is 0. The van der Waals surface area contributed by atoms with Gasteiger partial charge in [0.15, 0.2) is 0 Å². The highest BCUT2D eigenvalue weighted by Gasteiger charge is 1.80. The van der Waals surface area contributed by atoms with Gasteiger partial charge in [0.05, 0.1) is 0 Å². The summed E-state index contributed by atoms with van der Waals surface area (Å²) in [6.45, 7) is 2.88. The molecule has 52 valence electrons. The zero-order valence-electron chi connectivity index (χ0n) is 6.12. The van der Waals surface area contributed by atoms with Gasteiger partial charge in [-0.3, -0.25) is 4.99 Å². The van der Waals surface area contributed by atoms with E-state index in [-0.39, 0.29) is 0 Å². The Morgan fingerprint density at radius 1 is 1.30 bits per heavy atom. The average molecular weight is 133 g/mol. The van der Waals surface area contributed by atoms with Crippen LogP contribution in [0.2, 0.25) is 0 Å². The first-order valence-electron chi connectivity index (χ1n) is 3.48. The highest BCUT2D eigenvalue weighted by Crippen LogP contribution is 1.93. The maximum Gasteiger partial charge on any atom is 0.0361 e. The summed E-state index contributed by atoms with van der Waals surface area (Å²) in [5.74, 6) is 0. The quantitative estimate of drug-likeness (QED) is 0.548. The number of aliphatic imine (C=N–C) groups is 1. The third-order valence-electron chi connectivity index (χ3n) is 1.22. The molecule has 0 atom stereocenters. The molecule has 1 heteroatoms. The Labute approximate surface area is 61.4 Å². The van der Waals surface area contributed by atoms with Gasteiger partial charge in [-0.05, 0) is 12.5 Å². The van der Waals surface area contributed by atoms with Crippen LogP contribution in [0.3, 0.4) is 0 Å². The van der Waals surface area contributed by atoms with E-state index in [0.717, 1.165) is 6.54 Å². The van der Waals surface area contributed by atoms with Crippen molar-refractivity contribution in [3.8, 4) is 0 Å². The number of nitrogens with zero attached hydrogens (tertiary/aromatic N) is 1. The molecule has 1 aromatic carbocycles. The lowest BCUT2D eigenvalue weighted by Gasteiger charge is -1.87. The van der Waals surface area contributed by atoms with E-state index in [4.69, 9.17) is 0 Å². The molecule has 0 fully saturated rings. The first-order valence-corrected chi connectivity index (χ1v) is 3.48. The molecule has 0 heterocycles. The zero-order valence-corrected chi connectivity index (χ0v) is 6.12. The van der Waals surface area contributed by atoms with Gasteiger partial charge in [-0.2, -0.15) is 0 Å². The summed E-state index contributed by atoms with van der Waals surface area (Å²) in [6, 6.07) is 10.1. The molecule has 0 aliphatic carbocycles. The van der Waals surface area contributed by atoms with Gasteiger partial charge in [-0.25, -0.2) is 0 Å². The van der Waals surface area contributed by atoms with Crippen molar-refractivity contribution >= 4 is 6.21 Å². The maximum atomic E-state index is 4.12. The Balaban J connectivity index is 2.67. The fourth-order valence-corrected chi connectivity index (χ4v) is 0.736. The number of hydrogen-bond acceptors (Lipinski definition) is 1. The van der Waals surface area contributed by atoms with E-state index in [0.29, 0.717) is 0 Å². The molecule has 1 nitrogen and oxygen atoms in total. The molecule has 0 spiro atoms. The van der Waals surface area contributed by atoms with E-state index >= 15 is 0 Å². The molecular formula is C9H11N. The van der Waals surface area contributed by atoms with Gasteiger partial charge in [0, 0.05) is 12.8 Å². The Kier molecular flexibility index (Phi) is 2.68. The fraction of sp³-hybridized carbons (Fsp3) is 0.222. The van der Waals surface area contributed by atoms with E-state index < -0.39 is 0 Å². The molecule has 0 bridgehead atoms. The number of benzene rings is 1. The van der Waals surface area contributed by atoms with Crippen molar-refractivity contribution in [3.63, 3.8) is 0 Å². The molecule has 0 amide bonds. The molecule has 0 aromatic heterocycles. The second kappa shape index (κ2) is 3.83. The molecule has 1 aromatic rings. The number of hydrogen-bond donors (Lipinski definition) is 0. The minimum Gasteiger partial charge on any atom is -0.293 e. The van der Waals surface area contributed by atoms with Gasteiger partial charge < -0.3 is 0 Å². The van der Waals surface area contributed by atoms with E-state index in [9.17, 15) is 0 Å². The van der Waals surface area contributed by atoms with Crippen molar-refractivity contribution in [2.24, 2.45) is 4.99 Å². The first-order chi connectivity index (χ1) is 4.93. The lowest BCUT2D eigenvalue weighted by molar-refractivity contribution is 1.14. The second-order valence-electron chi connectivity index (χ2n) is 2.04. The van der Waals surface area contributed by atoms with Crippen LogP contribution >= 0.6 is 0 Å². The third kappa shape index (κ3) is 2.02. The van der Waals surface area contributed by atoms with Crippen LogP contribution < -0.4 is 0 Å². The highest BCUT2D eigenvalue weighted by molar-refractivity contribution is 5.79. The van der Waals surface area contributed by atoms with E-state index in [2.05, 4.69) is 4.99 Å². The van der Waals surface area contributed by atoms with Crippen LogP contribution in [0.4, 0.5) is 0 Å². The van der Waals surface area contributed by atoms with E-state index in [1.807, 2.05) is 43.5 Å². The summed E-state index contributed by atoms with van der Waals surface area (Å²) >= 11 is 0. The Bertz CT molecular complexity index is 201. The van der Waals surface area contributed by atoms with E-state index in [1.54, 1.807) is 0 Å². The van der Waals surface area contributed by atoms with Gasteiger partial charge >= 0.3 is 0 Å². The van der Waals surface area contributed by atoms with E-state index in [1.165, 1.54) is 5.56 Å². The van der Waals surface area contributed by atoms with Crippen molar-refractivity contribution in [1.82, 2.24) is 0 Å². The lowest BCUT2D eigenvalue weighted by Crippen LogP contribution is -1.78. The highest BCUT2D eigenvalue weighted by atomic mass is 14.7. The van der Waals surface area contributed by atoms with Crippen LogP contribution in [-0.2, 0) is 0 Å². The van der Waals surface area contributed by atoms with Gasteiger partial charge in [0.1, 0.15) is 0 Å². The predicted octanol–water partition coefficient (Wildman–Crippen LogP) is 2.13. The summed E-state index contributed by atoms with van der Waals surface area (Å²) < 4.78 is 0. The molecule has 0 unspecified atom stereocenters. The summed E-state index contributed by atoms with van der Waals surface area (Å²) in [6.07, 6.45) is 1.89. The summed E-state index contributed by atoms with van der Waals surface area (Å²) in [5, 5.41) is 0. The van der Waals surface area contributed by atoms with Crippen LogP contribution in [-0.4, -0.2) is 12.8 Å². The van der Waals surface area contributed by atoms with Crippen LogP contribution in [0.5, 0.6) is 0 Å². The fourth-order valence-electron chi connectivity index (χ4n) is 0.736. The van der Waals surface area contributed by atoms with Crippen molar-refractivity contribution < 1.29 is 0 Å². The SMILES string of the molecule is CCN=Cc1ccccc1.